The van der Waals surface area contributed by atoms with Gasteiger partial charge in [-0.1, -0.05) is 20.8 Å². The topological polar surface area (TPSA) is 70.1 Å². The number of esters is 1. The van der Waals surface area contributed by atoms with Crippen LogP contribution in [0.5, 0.6) is 0 Å². The number of hydrogen-bond donors (Lipinski definition) is 1. The highest BCUT2D eigenvalue weighted by molar-refractivity contribution is 5.92. The van der Waals surface area contributed by atoms with E-state index in [9.17, 15) is 4.79 Å². The molecule has 1 heterocycles. The molecule has 1 aromatic rings. The Labute approximate surface area is 108 Å². The summed E-state index contributed by atoms with van der Waals surface area (Å²) in [5.74, 6) is 0.763. The first-order valence-corrected chi connectivity index (χ1v) is 6.41. The zero-order chi connectivity index (χ0) is 13.9. The molecule has 0 bridgehead atoms. The maximum absolute atomic E-state index is 11.6. The number of carbonyl (C=O) groups is 1. The van der Waals surface area contributed by atoms with Gasteiger partial charge in [-0.05, 0) is 19.8 Å². The molecule has 1 aromatic heterocycles. The van der Waals surface area contributed by atoms with Crippen LogP contribution in [0, 0.1) is 0 Å². The van der Waals surface area contributed by atoms with Crippen molar-refractivity contribution in [2.75, 3.05) is 12.8 Å². The Bertz CT molecular complexity index is 434. The molecule has 102 valence electrons. The first-order valence-electron chi connectivity index (χ1n) is 6.41. The van der Waals surface area contributed by atoms with Gasteiger partial charge in [-0.15, -0.1) is 0 Å². The van der Waals surface area contributed by atoms with Gasteiger partial charge in [-0.3, -0.25) is 0 Å². The fraction of sp³-hybridized carbons (Fsp3) is 0.692. The van der Waals surface area contributed by atoms with Crippen LogP contribution in [0.15, 0.2) is 0 Å². The molecule has 1 rings (SSSR count). The predicted octanol–water partition coefficient (Wildman–Crippen LogP) is 2.35. The van der Waals surface area contributed by atoms with E-state index in [1.807, 2.05) is 11.5 Å². The van der Waals surface area contributed by atoms with Gasteiger partial charge in [0.25, 0.3) is 0 Å². The van der Waals surface area contributed by atoms with Gasteiger partial charge in [0.2, 0.25) is 0 Å². The van der Waals surface area contributed by atoms with E-state index in [1.54, 1.807) is 0 Å². The van der Waals surface area contributed by atoms with E-state index in [2.05, 4.69) is 25.8 Å². The second kappa shape index (κ2) is 5.42. The summed E-state index contributed by atoms with van der Waals surface area (Å²) in [5.41, 5.74) is 6.20. The quantitative estimate of drug-likeness (QED) is 0.818. The van der Waals surface area contributed by atoms with Crippen molar-refractivity contribution in [3.8, 4) is 0 Å². The summed E-state index contributed by atoms with van der Waals surface area (Å²) in [6.45, 7) is 8.36. The van der Waals surface area contributed by atoms with Gasteiger partial charge in [0, 0.05) is 12.0 Å². The number of hydrogen-bond acceptors (Lipinski definition) is 4. The minimum Gasteiger partial charge on any atom is -0.464 e. The molecule has 0 aliphatic carbocycles. The lowest BCUT2D eigenvalue weighted by molar-refractivity contribution is 0.0595. The number of nitrogen functional groups attached to an aromatic ring is 1. The number of aromatic nitrogens is 2. The molecular formula is C13H23N3O2. The van der Waals surface area contributed by atoms with Crippen molar-refractivity contribution in [3.63, 3.8) is 0 Å². The Morgan fingerprint density at radius 3 is 2.33 bits per heavy atom. The van der Waals surface area contributed by atoms with Gasteiger partial charge in [0.05, 0.1) is 7.11 Å². The third-order valence-electron chi connectivity index (χ3n) is 3.74. The first-order chi connectivity index (χ1) is 8.45. The van der Waals surface area contributed by atoms with Gasteiger partial charge in [-0.2, -0.15) is 0 Å². The molecule has 0 aliphatic heterocycles. The first kappa shape index (κ1) is 14.5. The van der Waals surface area contributed by atoms with Gasteiger partial charge in [0.1, 0.15) is 11.6 Å². The van der Waals surface area contributed by atoms with Crippen molar-refractivity contribution >= 4 is 11.8 Å². The lowest BCUT2D eigenvalue weighted by atomic mass is 9.94. The fourth-order valence-electron chi connectivity index (χ4n) is 2.13. The molecule has 2 N–H and O–H groups in total. The summed E-state index contributed by atoms with van der Waals surface area (Å²) < 4.78 is 6.70. The highest BCUT2D eigenvalue weighted by atomic mass is 16.5. The van der Waals surface area contributed by atoms with Crippen LogP contribution in [0.2, 0.25) is 0 Å². The molecule has 0 aliphatic rings. The van der Waals surface area contributed by atoms with Crippen molar-refractivity contribution in [1.82, 2.24) is 9.55 Å². The van der Waals surface area contributed by atoms with E-state index in [-0.39, 0.29) is 11.2 Å². The number of methoxy groups -OCH3 is 1. The average molecular weight is 253 g/mol. The van der Waals surface area contributed by atoms with Crippen LogP contribution in [0.3, 0.4) is 0 Å². The van der Waals surface area contributed by atoms with Crippen LogP contribution in [0.1, 0.15) is 56.8 Å². The van der Waals surface area contributed by atoms with Crippen molar-refractivity contribution in [2.45, 2.75) is 52.5 Å². The van der Waals surface area contributed by atoms with Crippen LogP contribution in [-0.4, -0.2) is 22.6 Å². The Morgan fingerprint density at radius 1 is 1.39 bits per heavy atom. The van der Waals surface area contributed by atoms with Crippen molar-refractivity contribution in [3.05, 3.63) is 11.5 Å². The van der Waals surface area contributed by atoms with Gasteiger partial charge in [0.15, 0.2) is 5.69 Å². The number of nitrogens with zero attached hydrogens (tertiary/aromatic N) is 2. The molecule has 18 heavy (non-hydrogen) atoms. The van der Waals surface area contributed by atoms with Crippen LogP contribution in [-0.2, 0) is 16.7 Å². The maximum atomic E-state index is 11.6. The lowest BCUT2D eigenvalue weighted by Gasteiger charge is -2.31. The van der Waals surface area contributed by atoms with E-state index in [1.165, 1.54) is 7.11 Å². The fourth-order valence-corrected chi connectivity index (χ4v) is 2.13. The third-order valence-corrected chi connectivity index (χ3v) is 3.74. The molecule has 0 aromatic carbocycles. The molecule has 0 radical (unpaired) electrons. The summed E-state index contributed by atoms with van der Waals surface area (Å²) in [7, 11) is 1.34. The van der Waals surface area contributed by atoms with Crippen LogP contribution < -0.4 is 5.73 Å². The van der Waals surface area contributed by atoms with Crippen LogP contribution in [0.4, 0.5) is 5.82 Å². The average Bonchev–Trinajstić information content (AvgIpc) is 2.74. The number of nitrogens with two attached hydrogens (primary N) is 1. The summed E-state index contributed by atoms with van der Waals surface area (Å²) in [5, 5.41) is 0. The molecule has 0 atom stereocenters. The van der Waals surface area contributed by atoms with E-state index in [0.717, 1.165) is 25.1 Å². The molecule has 0 fully saturated rings. The molecule has 5 heteroatoms. The van der Waals surface area contributed by atoms with E-state index >= 15 is 0 Å². The smallest absolute Gasteiger partial charge is 0.360 e. The van der Waals surface area contributed by atoms with Crippen molar-refractivity contribution in [1.29, 1.82) is 0 Å². The monoisotopic (exact) mass is 253 g/mol. The van der Waals surface area contributed by atoms with Crippen molar-refractivity contribution in [2.24, 2.45) is 0 Å². The highest BCUT2D eigenvalue weighted by Gasteiger charge is 2.30. The zero-order valence-corrected chi connectivity index (χ0v) is 11.9. The van der Waals surface area contributed by atoms with Gasteiger partial charge >= 0.3 is 5.97 Å². The maximum Gasteiger partial charge on any atom is 0.360 e. The standard InChI is InChI=1S/C13H23N3O2/c1-6-9-15-10(12(17)18-5)11(14)16(9)13(4,7-2)8-3/h6-8,14H2,1-5H3. The third kappa shape index (κ3) is 2.21. The number of ether oxygens (including phenoxy) is 1. The number of carbonyl (C=O) groups excluding carboxylic acids is 1. The molecule has 0 spiro atoms. The molecule has 0 saturated heterocycles. The molecule has 0 amide bonds. The number of imidazole rings is 1. The number of rotatable bonds is 5. The van der Waals surface area contributed by atoms with E-state index < -0.39 is 5.97 Å². The van der Waals surface area contributed by atoms with Crippen molar-refractivity contribution < 1.29 is 9.53 Å². The predicted molar refractivity (Wildman–Crippen MR) is 71.6 cm³/mol. The number of aryl methyl sites for hydroxylation is 1. The van der Waals surface area contributed by atoms with E-state index in [0.29, 0.717) is 5.82 Å². The zero-order valence-electron chi connectivity index (χ0n) is 11.9. The molecule has 0 unspecified atom stereocenters. The second-order valence-electron chi connectivity index (χ2n) is 4.65. The summed E-state index contributed by atoms with van der Waals surface area (Å²) >= 11 is 0. The van der Waals surface area contributed by atoms with Gasteiger partial charge in [-0.25, -0.2) is 9.78 Å². The minimum atomic E-state index is -0.476. The Morgan fingerprint density at radius 2 is 1.94 bits per heavy atom. The Hall–Kier alpha value is -1.52. The molecule has 5 nitrogen and oxygen atoms in total. The van der Waals surface area contributed by atoms with E-state index in [4.69, 9.17) is 10.5 Å². The second-order valence-corrected chi connectivity index (χ2v) is 4.65. The summed E-state index contributed by atoms with van der Waals surface area (Å²) in [4.78, 5) is 16.0. The normalized spacial score (nSPS) is 11.6. The summed E-state index contributed by atoms with van der Waals surface area (Å²) in [6, 6.07) is 0. The van der Waals surface area contributed by atoms with Gasteiger partial charge < -0.3 is 15.0 Å². The summed E-state index contributed by atoms with van der Waals surface area (Å²) in [6.07, 6.45) is 2.59. The van der Waals surface area contributed by atoms with Crippen LogP contribution in [0.25, 0.3) is 0 Å². The lowest BCUT2D eigenvalue weighted by Crippen LogP contribution is -2.31. The Balaban J connectivity index is 3.43. The molecular weight excluding hydrogens is 230 g/mol. The van der Waals surface area contributed by atoms with Crippen LogP contribution >= 0.6 is 0 Å². The minimum absolute atomic E-state index is 0.116. The largest absolute Gasteiger partial charge is 0.464 e. The highest BCUT2D eigenvalue weighted by Crippen LogP contribution is 2.31. The Kier molecular flexibility index (Phi) is 4.38. The number of anilines is 1. The molecule has 0 saturated carbocycles. The SMILES string of the molecule is CCc1nc(C(=O)OC)c(N)n1C(C)(CC)CC.